The first-order valence-corrected chi connectivity index (χ1v) is 7.38. The Kier molecular flexibility index (Phi) is 3.62. The fourth-order valence-corrected chi connectivity index (χ4v) is 2.66. The van der Waals surface area contributed by atoms with Crippen LogP contribution in [0.3, 0.4) is 0 Å². The molecular weight excluding hydrogens is 252 g/mol. The fourth-order valence-electron chi connectivity index (χ4n) is 2.66. The Labute approximate surface area is 127 Å². The third-order valence-corrected chi connectivity index (χ3v) is 3.95. The zero-order valence-electron chi connectivity index (χ0n) is 12.9. The summed E-state index contributed by atoms with van der Waals surface area (Å²) in [4.78, 5) is 0. The zero-order valence-corrected chi connectivity index (χ0v) is 12.9. The van der Waals surface area contributed by atoms with Crippen LogP contribution >= 0.6 is 0 Å². The molecule has 0 unspecified atom stereocenters. The van der Waals surface area contributed by atoms with Gasteiger partial charge in [0.25, 0.3) is 0 Å². The minimum Gasteiger partial charge on any atom is -0.0610 e. The minimum absolute atomic E-state index is 1.27. The molecule has 0 saturated carbocycles. The molecule has 0 fully saturated rings. The molecular formula is C21H20. The van der Waals surface area contributed by atoms with Gasteiger partial charge in [0, 0.05) is 0 Å². The van der Waals surface area contributed by atoms with Gasteiger partial charge in [-0.15, -0.1) is 0 Å². The van der Waals surface area contributed by atoms with Crippen LogP contribution in [-0.4, -0.2) is 0 Å². The monoisotopic (exact) mass is 272 g/mol. The van der Waals surface area contributed by atoms with Crippen LogP contribution < -0.4 is 0 Å². The van der Waals surface area contributed by atoms with E-state index in [1.165, 1.54) is 38.9 Å². The molecule has 0 N–H and O–H groups in total. The van der Waals surface area contributed by atoms with Crippen LogP contribution in [0.25, 0.3) is 22.3 Å². The van der Waals surface area contributed by atoms with Crippen LogP contribution in [0.4, 0.5) is 0 Å². The second-order valence-corrected chi connectivity index (χ2v) is 5.77. The predicted octanol–water partition coefficient (Wildman–Crippen LogP) is 5.95. The molecule has 0 radical (unpaired) electrons. The first-order valence-electron chi connectivity index (χ1n) is 7.38. The molecule has 104 valence electrons. The Morgan fingerprint density at radius 3 is 1.95 bits per heavy atom. The lowest BCUT2D eigenvalue weighted by Gasteiger charge is -2.10. The molecule has 0 heterocycles. The molecule has 0 aliphatic carbocycles. The standard InChI is InChI=1S/C21H20/c1-15-8-11-18(12-9-15)19-5-4-6-20(14-19)21-13-16(2)7-10-17(21)3/h4-14H,1-3H3. The molecule has 3 rings (SSSR count). The van der Waals surface area contributed by atoms with E-state index >= 15 is 0 Å². The van der Waals surface area contributed by atoms with Crippen LogP contribution in [0, 0.1) is 20.8 Å². The molecule has 0 spiro atoms. The molecule has 21 heavy (non-hydrogen) atoms. The highest BCUT2D eigenvalue weighted by Crippen LogP contribution is 2.29. The van der Waals surface area contributed by atoms with Gasteiger partial charge in [-0.2, -0.15) is 0 Å². The van der Waals surface area contributed by atoms with E-state index in [1.807, 2.05) is 0 Å². The van der Waals surface area contributed by atoms with E-state index in [4.69, 9.17) is 0 Å². The highest BCUT2D eigenvalue weighted by molar-refractivity contribution is 5.75. The lowest BCUT2D eigenvalue weighted by molar-refractivity contribution is 1.39. The van der Waals surface area contributed by atoms with Gasteiger partial charge in [-0.05, 0) is 54.7 Å². The normalized spacial score (nSPS) is 10.6. The Hall–Kier alpha value is -2.34. The summed E-state index contributed by atoms with van der Waals surface area (Å²) in [6.07, 6.45) is 0. The second-order valence-electron chi connectivity index (χ2n) is 5.77. The Balaban J connectivity index is 2.08. The average Bonchev–Trinajstić information content (AvgIpc) is 2.50. The van der Waals surface area contributed by atoms with Crippen molar-refractivity contribution in [3.8, 4) is 22.3 Å². The van der Waals surface area contributed by atoms with Gasteiger partial charge < -0.3 is 0 Å². The summed E-state index contributed by atoms with van der Waals surface area (Å²) in [6.45, 7) is 6.44. The van der Waals surface area contributed by atoms with Gasteiger partial charge in [0.05, 0.1) is 0 Å². The molecule has 0 bridgehead atoms. The third-order valence-electron chi connectivity index (χ3n) is 3.95. The lowest BCUT2D eigenvalue weighted by Crippen LogP contribution is -1.86. The number of aryl methyl sites for hydroxylation is 3. The fraction of sp³-hybridized carbons (Fsp3) is 0.143. The van der Waals surface area contributed by atoms with Crippen molar-refractivity contribution in [1.82, 2.24) is 0 Å². The molecule has 0 atom stereocenters. The van der Waals surface area contributed by atoms with Crippen molar-refractivity contribution in [1.29, 1.82) is 0 Å². The number of hydrogen-bond acceptors (Lipinski definition) is 0. The Morgan fingerprint density at radius 2 is 1.19 bits per heavy atom. The Bertz CT molecular complexity index is 764. The highest BCUT2D eigenvalue weighted by Gasteiger charge is 2.04. The summed E-state index contributed by atoms with van der Waals surface area (Å²) in [5.74, 6) is 0. The molecule has 0 heteroatoms. The van der Waals surface area contributed by atoms with E-state index in [1.54, 1.807) is 0 Å². The van der Waals surface area contributed by atoms with Crippen LogP contribution in [0.2, 0.25) is 0 Å². The van der Waals surface area contributed by atoms with Gasteiger partial charge in [-0.25, -0.2) is 0 Å². The van der Waals surface area contributed by atoms with Crippen LogP contribution in [0.5, 0.6) is 0 Å². The maximum Gasteiger partial charge on any atom is -0.0152 e. The van der Waals surface area contributed by atoms with Crippen LogP contribution in [0.15, 0.2) is 66.7 Å². The predicted molar refractivity (Wildman–Crippen MR) is 91.5 cm³/mol. The first kappa shape index (κ1) is 13.6. The zero-order chi connectivity index (χ0) is 14.8. The van der Waals surface area contributed by atoms with Crippen molar-refractivity contribution in [2.24, 2.45) is 0 Å². The number of benzene rings is 3. The molecule has 0 aliphatic heterocycles. The molecule has 3 aromatic carbocycles. The maximum atomic E-state index is 2.28. The van der Waals surface area contributed by atoms with Crippen molar-refractivity contribution >= 4 is 0 Å². The topological polar surface area (TPSA) is 0 Å². The summed E-state index contributed by atoms with van der Waals surface area (Å²) in [6, 6.07) is 24.2. The molecule has 0 amide bonds. The molecule has 0 aliphatic rings. The van der Waals surface area contributed by atoms with Crippen LogP contribution in [-0.2, 0) is 0 Å². The third kappa shape index (κ3) is 2.90. The van der Waals surface area contributed by atoms with E-state index in [2.05, 4.69) is 87.5 Å². The van der Waals surface area contributed by atoms with Crippen molar-refractivity contribution in [3.05, 3.63) is 83.4 Å². The maximum absolute atomic E-state index is 2.28. The van der Waals surface area contributed by atoms with E-state index in [0.717, 1.165) is 0 Å². The minimum atomic E-state index is 1.27. The summed E-state index contributed by atoms with van der Waals surface area (Å²) < 4.78 is 0. The van der Waals surface area contributed by atoms with Gasteiger partial charge >= 0.3 is 0 Å². The molecule has 0 nitrogen and oxygen atoms in total. The van der Waals surface area contributed by atoms with Gasteiger partial charge in [-0.3, -0.25) is 0 Å². The molecule has 0 saturated heterocycles. The Morgan fingerprint density at radius 1 is 0.524 bits per heavy atom. The largest absolute Gasteiger partial charge is 0.0610 e. The molecule has 0 aromatic heterocycles. The average molecular weight is 272 g/mol. The summed E-state index contributed by atoms with van der Waals surface area (Å²) in [5.41, 5.74) is 9.07. The van der Waals surface area contributed by atoms with Gasteiger partial charge in [-0.1, -0.05) is 71.8 Å². The van der Waals surface area contributed by atoms with Crippen molar-refractivity contribution in [2.75, 3.05) is 0 Å². The summed E-state index contributed by atoms with van der Waals surface area (Å²) in [7, 11) is 0. The smallest absolute Gasteiger partial charge is 0.0152 e. The quantitative estimate of drug-likeness (QED) is 0.541. The van der Waals surface area contributed by atoms with Gasteiger partial charge in [0.2, 0.25) is 0 Å². The van der Waals surface area contributed by atoms with Crippen molar-refractivity contribution in [2.45, 2.75) is 20.8 Å². The van der Waals surface area contributed by atoms with Crippen molar-refractivity contribution < 1.29 is 0 Å². The summed E-state index contributed by atoms with van der Waals surface area (Å²) >= 11 is 0. The van der Waals surface area contributed by atoms with Gasteiger partial charge in [0.1, 0.15) is 0 Å². The number of hydrogen-bond donors (Lipinski definition) is 0. The first-order chi connectivity index (χ1) is 10.1. The molecule has 3 aromatic rings. The van der Waals surface area contributed by atoms with E-state index in [9.17, 15) is 0 Å². The second kappa shape index (κ2) is 5.57. The summed E-state index contributed by atoms with van der Waals surface area (Å²) in [5, 5.41) is 0. The van der Waals surface area contributed by atoms with E-state index in [0.29, 0.717) is 0 Å². The SMILES string of the molecule is Cc1ccc(-c2cccc(-c3cc(C)ccc3C)c2)cc1. The van der Waals surface area contributed by atoms with E-state index in [-0.39, 0.29) is 0 Å². The number of rotatable bonds is 2. The van der Waals surface area contributed by atoms with E-state index < -0.39 is 0 Å². The van der Waals surface area contributed by atoms with Crippen LogP contribution in [0.1, 0.15) is 16.7 Å². The highest BCUT2D eigenvalue weighted by atomic mass is 14.1. The lowest BCUT2D eigenvalue weighted by atomic mass is 9.95. The van der Waals surface area contributed by atoms with Crippen molar-refractivity contribution in [3.63, 3.8) is 0 Å². The van der Waals surface area contributed by atoms with Gasteiger partial charge in [0.15, 0.2) is 0 Å².